The fourth-order valence-corrected chi connectivity index (χ4v) is 4.03. The van der Waals surface area contributed by atoms with Crippen molar-refractivity contribution in [2.45, 2.75) is 45.6 Å². The van der Waals surface area contributed by atoms with Gasteiger partial charge in [0.15, 0.2) is 0 Å². The third-order valence-electron chi connectivity index (χ3n) is 4.87. The van der Waals surface area contributed by atoms with Crippen molar-refractivity contribution in [3.63, 3.8) is 0 Å². The summed E-state index contributed by atoms with van der Waals surface area (Å²) >= 11 is 6.35. The Morgan fingerprint density at radius 1 is 1.26 bits per heavy atom. The van der Waals surface area contributed by atoms with Gasteiger partial charge in [0.2, 0.25) is 0 Å². The van der Waals surface area contributed by atoms with Gasteiger partial charge in [0, 0.05) is 17.6 Å². The van der Waals surface area contributed by atoms with Crippen molar-refractivity contribution < 1.29 is 0 Å². The molecule has 0 aromatic heterocycles. The first-order valence-corrected chi connectivity index (χ1v) is 7.93. The highest BCUT2D eigenvalue weighted by Crippen LogP contribution is 2.60. The van der Waals surface area contributed by atoms with Crippen LogP contribution in [0.4, 0.5) is 0 Å². The molecule has 0 saturated heterocycles. The first kappa shape index (κ1) is 13.5. The summed E-state index contributed by atoms with van der Waals surface area (Å²) in [5.74, 6) is 2.02. The molecule has 2 fully saturated rings. The molecule has 1 aromatic rings. The zero-order valence-electron chi connectivity index (χ0n) is 12.0. The van der Waals surface area contributed by atoms with Gasteiger partial charge in [-0.25, -0.2) is 0 Å². The molecule has 0 radical (unpaired) electrons. The predicted molar refractivity (Wildman–Crippen MR) is 81.6 cm³/mol. The molecule has 0 bridgehead atoms. The quantitative estimate of drug-likeness (QED) is 0.846. The molecular weight excluding hydrogens is 254 g/mol. The highest BCUT2D eigenvalue weighted by Gasteiger charge is 2.53. The van der Waals surface area contributed by atoms with Gasteiger partial charge in [-0.2, -0.15) is 0 Å². The van der Waals surface area contributed by atoms with Crippen molar-refractivity contribution >= 4 is 11.6 Å². The molecule has 1 N–H and O–H groups in total. The molecule has 2 atom stereocenters. The lowest BCUT2D eigenvalue weighted by molar-refractivity contribution is 0.241. The summed E-state index contributed by atoms with van der Waals surface area (Å²) in [4.78, 5) is 0. The lowest BCUT2D eigenvalue weighted by atomic mass is 9.77. The van der Waals surface area contributed by atoms with Crippen LogP contribution in [0, 0.1) is 17.3 Å². The Hall–Kier alpha value is -0.530. The lowest BCUT2D eigenvalue weighted by Gasteiger charge is -2.33. The summed E-state index contributed by atoms with van der Waals surface area (Å²) in [6, 6.07) is 8.93. The zero-order chi connectivity index (χ0) is 13.5. The van der Waals surface area contributed by atoms with E-state index in [1.54, 1.807) is 0 Å². The highest BCUT2D eigenvalue weighted by atomic mass is 35.5. The molecule has 2 aliphatic carbocycles. The SMILES string of the molecule is CC(C)NCC1(Cc2ccccc2Cl)CC2CC2C1. The van der Waals surface area contributed by atoms with E-state index in [2.05, 4.69) is 31.3 Å². The van der Waals surface area contributed by atoms with Crippen LogP contribution in [0.25, 0.3) is 0 Å². The van der Waals surface area contributed by atoms with E-state index in [1.807, 2.05) is 12.1 Å². The number of benzene rings is 1. The maximum atomic E-state index is 6.35. The second-order valence-electron chi connectivity index (χ2n) is 6.97. The Bertz CT molecular complexity index is 444. The van der Waals surface area contributed by atoms with E-state index in [9.17, 15) is 0 Å². The molecule has 1 nitrogen and oxygen atoms in total. The van der Waals surface area contributed by atoms with Gasteiger partial charge in [-0.05, 0) is 54.6 Å². The van der Waals surface area contributed by atoms with E-state index in [0.717, 1.165) is 29.8 Å². The summed E-state index contributed by atoms with van der Waals surface area (Å²) in [6.45, 7) is 5.61. The van der Waals surface area contributed by atoms with Gasteiger partial charge in [0.05, 0.1) is 0 Å². The number of nitrogens with one attached hydrogen (secondary N) is 1. The highest BCUT2D eigenvalue weighted by molar-refractivity contribution is 6.31. The van der Waals surface area contributed by atoms with Gasteiger partial charge in [-0.15, -0.1) is 0 Å². The van der Waals surface area contributed by atoms with Crippen molar-refractivity contribution in [1.82, 2.24) is 5.32 Å². The maximum absolute atomic E-state index is 6.35. The van der Waals surface area contributed by atoms with Crippen LogP contribution < -0.4 is 5.32 Å². The van der Waals surface area contributed by atoms with Crippen LogP contribution in [0.2, 0.25) is 5.02 Å². The van der Waals surface area contributed by atoms with Gasteiger partial charge in [-0.1, -0.05) is 43.6 Å². The number of halogens is 1. The van der Waals surface area contributed by atoms with Crippen LogP contribution >= 0.6 is 11.6 Å². The molecule has 2 unspecified atom stereocenters. The van der Waals surface area contributed by atoms with Gasteiger partial charge in [0.1, 0.15) is 0 Å². The molecule has 0 heterocycles. The molecule has 2 saturated carbocycles. The molecule has 0 aliphatic heterocycles. The van der Waals surface area contributed by atoms with E-state index in [1.165, 1.54) is 24.8 Å². The molecule has 1 aromatic carbocycles. The Morgan fingerprint density at radius 2 is 1.95 bits per heavy atom. The van der Waals surface area contributed by atoms with Crippen LogP contribution in [-0.4, -0.2) is 12.6 Å². The second-order valence-corrected chi connectivity index (χ2v) is 7.38. The number of hydrogen-bond acceptors (Lipinski definition) is 1. The molecular formula is C17H24ClN. The molecule has 3 rings (SSSR count). The molecule has 0 amide bonds. The van der Waals surface area contributed by atoms with Crippen molar-refractivity contribution in [1.29, 1.82) is 0 Å². The van der Waals surface area contributed by atoms with Gasteiger partial charge < -0.3 is 5.32 Å². The van der Waals surface area contributed by atoms with Gasteiger partial charge >= 0.3 is 0 Å². The first-order chi connectivity index (χ1) is 9.08. The Labute approximate surface area is 121 Å². The van der Waals surface area contributed by atoms with Crippen LogP contribution in [0.3, 0.4) is 0 Å². The standard InChI is InChI=1S/C17H24ClN/c1-12(2)19-11-17(9-14-7-15(14)10-17)8-13-5-3-4-6-16(13)18/h3-6,12,14-15,19H,7-11H2,1-2H3. The van der Waals surface area contributed by atoms with Crippen molar-refractivity contribution in [2.75, 3.05) is 6.54 Å². The summed E-state index contributed by atoms with van der Waals surface area (Å²) in [7, 11) is 0. The van der Waals surface area contributed by atoms with Crippen LogP contribution in [0.1, 0.15) is 38.7 Å². The molecule has 2 heteroatoms. The van der Waals surface area contributed by atoms with E-state index >= 15 is 0 Å². The maximum Gasteiger partial charge on any atom is 0.0438 e. The molecule has 0 spiro atoms. The summed E-state index contributed by atoms with van der Waals surface area (Å²) in [5.41, 5.74) is 1.78. The number of hydrogen-bond donors (Lipinski definition) is 1. The zero-order valence-corrected chi connectivity index (χ0v) is 12.7. The summed E-state index contributed by atoms with van der Waals surface area (Å²) in [5, 5.41) is 4.60. The third-order valence-corrected chi connectivity index (χ3v) is 5.24. The minimum Gasteiger partial charge on any atom is -0.314 e. The number of fused-ring (bicyclic) bond motifs is 1. The normalized spacial score (nSPS) is 32.6. The van der Waals surface area contributed by atoms with Crippen molar-refractivity contribution in [3.05, 3.63) is 34.9 Å². The monoisotopic (exact) mass is 277 g/mol. The van der Waals surface area contributed by atoms with E-state index in [4.69, 9.17) is 11.6 Å². The molecule has 104 valence electrons. The van der Waals surface area contributed by atoms with Crippen LogP contribution in [-0.2, 0) is 6.42 Å². The topological polar surface area (TPSA) is 12.0 Å². The predicted octanol–water partition coefficient (Wildman–Crippen LogP) is 4.30. The van der Waals surface area contributed by atoms with Crippen molar-refractivity contribution in [3.8, 4) is 0 Å². The fourth-order valence-electron chi connectivity index (χ4n) is 3.82. The first-order valence-electron chi connectivity index (χ1n) is 7.55. The Balaban J connectivity index is 1.74. The summed E-state index contributed by atoms with van der Waals surface area (Å²) < 4.78 is 0. The van der Waals surface area contributed by atoms with Gasteiger partial charge in [0.25, 0.3) is 0 Å². The van der Waals surface area contributed by atoms with E-state index in [0.29, 0.717) is 11.5 Å². The lowest BCUT2D eigenvalue weighted by Crippen LogP contribution is -2.38. The van der Waals surface area contributed by atoms with Crippen molar-refractivity contribution in [2.24, 2.45) is 17.3 Å². The van der Waals surface area contributed by atoms with E-state index < -0.39 is 0 Å². The van der Waals surface area contributed by atoms with Gasteiger partial charge in [-0.3, -0.25) is 0 Å². The van der Waals surface area contributed by atoms with Crippen LogP contribution in [0.5, 0.6) is 0 Å². The minimum atomic E-state index is 0.447. The fraction of sp³-hybridized carbons (Fsp3) is 0.647. The smallest absolute Gasteiger partial charge is 0.0438 e. The average Bonchev–Trinajstić information content (AvgIpc) is 2.99. The Kier molecular flexibility index (Phi) is 3.61. The van der Waals surface area contributed by atoms with E-state index in [-0.39, 0.29) is 0 Å². The average molecular weight is 278 g/mol. The molecule has 2 aliphatic rings. The second kappa shape index (κ2) is 5.10. The summed E-state index contributed by atoms with van der Waals surface area (Å²) in [6.07, 6.45) is 5.40. The number of rotatable bonds is 5. The third kappa shape index (κ3) is 2.98. The minimum absolute atomic E-state index is 0.447. The molecule has 19 heavy (non-hydrogen) atoms. The Morgan fingerprint density at radius 3 is 2.58 bits per heavy atom. The van der Waals surface area contributed by atoms with Crippen LogP contribution in [0.15, 0.2) is 24.3 Å². The largest absolute Gasteiger partial charge is 0.314 e.